The Balaban J connectivity index is 2.36. The van der Waals surface area contributed by atoms with Gasteiger partial charge >= 0.3 is 0 Å². The lowest BCUT2D eigenvalue weighted by Crippen LogP contribution is -2.02. The van der Waals surface area contributed by atoms with Crippen molar-refractivity contribution in [2.24, 2.45) is 0 Å². The zero-order chi connectivity index (χ0) is 13.1. The third-order valence-corrected chi connectivity index (χ3v) is 2.95. The molecule has 2 aromatic rings. The number of aryl methyl sites for hydroxylation is 1. The van der Waals surface area contributed by atoms with Gasteiger partial charge in [0.05, 0.1) is 6.61 Å². The predicted molar refractivity (Wildman–Crippen MR) is 73.7 cm³/mol. The van der Waals surface area contributed by atoms with Crippen molar-refractivity contribution in [3.05, 3.63) is 30.1 Å². The van der Waals surface area contributed by atoms with Crippen LogP contribution in [0.2, 0.25) is 0 Å². The summed E-state index contributed by atoms with van der Waals surface area (Å²) in [5.41, 5.74) is 7.98. The number of benzene rings is 1. The van der Waals surface area contributed by atoms with E-state index < -0.39 is 0 Å². The SMILES string of the molecule is CCOc1ccc(-c2nc(C)n(CC)c2N)cc1. The van der Waals surface area contributed by atoms with E-state index in [1.807, 2.05) is 42.7 Å². The fourth-order valence-corrected chi connectivity index (χ4v) is 2.07. The molecule has 0 bridgehead atoms. The van der Waals surface area contributed by atoms with Gasteiger partial charge in [-0.2, -0.15) is 0 Å². The number of hydrogen-bond acceptors (Lipinski definition) is 3. The quantitative estimate of drug-likeness (QED) is 0.901. The summed E-state index contributed by atoms with van der Waals surface area (Å²) in [6, 6.07) is 7.86. The lowest BCUT2D eigenvalue weighted by molar-refractivity contribution is 0.340. The second-order valence-corrected chi connectivity index (χ2v) is 4.09. The zero-order valence-corrected chi connectivity index (χ0v) is 11.1. The van der Waals surface area contributed by atoms with Crippen LogP contribution in [0.25, 0.3) is 11.3 Å². The number of ether oxygens (including phenoxy) is 1. The number of nitrogens with zero attached hydrogens (tertiary/aromatic N) is 2. The smallest absolute Gasteiger partial charge is 0.131 e. The van der Waals surface area contributed by atoms with Crippen molar-refractivity contribution in [2.45, 2.75) is 27.3 Å². The molecule has 18 heavy (non-hydrogen) atoms. The number of hydrogen-bond donors (Lipinski definition) is 1. The van der Waals surface area contributed by atoms with Crippen LogP contribution in [-0.2, 0) is 6.54 Å². The second-order valence-electron chi connectivity index (χ2n) is 4.09. The summed E-state index contributed by atoms with van der Waals surface area (Å²) in [5, 5.41) is 0. The predicted octanol–water partition coefficient (Wildman–Crippen LogP) is 2.86. The summed E-state index contributed by atoms with van der Waals surface area (Å²) < 4.78 is 7.43. The topological polar surface area (TPSA) is 53.1 Å². The number of rotatable bonds is 4. The van der Waals surface area contributed by atoms with E-state index in [0.717, 1.165) is 35.2 Å². The highest BCUT2D eigenvalue weighted by molar-refractivity contribution is 5.71. The summed E-state index contributed by atoms with van der Waals surface area (Å²) in [4.78, 5) is 4.52. The average molecular weight is 245 g/mol. The van der Waals surface area contributed by atoms with E-state index in [0.29, 0.717) is 6.61 Å². The summed E-state index contributed by atoms with van der Waals surface area (Å²) in [5.74, 6) is 2.53. The molecule has 4 heteroatoms. The molecule has 0 aliphatic heterocycles. The van der Waals surface area contributed by atoms with Crippen molar-refractivity contribution >= 4 is 5.82 Å². The first-order chi connectivity index (χ1) is 8.67. The minimum atomic E-state index is 0.672. The van der Waals surface area contributed by atoms with Gasteiger partial charge in [-0.25, -0.2) is 4.98 Å². The summed E-state index contributed by atoms with van der Waals surface area (Å²) in [6.07, 6.45) is 0. The van der Waals surface area contributed by atoms with Gasteiger partial charge in [0.25, 0.3) is 0 Å². The fourth-order valence-electron chi connectivity index (χ4n) is 2.07. The molecule has 96 valence electrons. The molecule has 0 unspecified atom stereocenters. The summed E-state index contributed by atoms with van der Waals surface area (Å²) in [7, 11) is 0. The standard InChI is InChI=1S/C14H19N3O/c1-4-17-10(3)16-13(14(17)15)11-6-8-12(9-7-11)18-5-2/h6-9H,4-5,15H2,1-3H3. The first-order valence-electron chi connectivity index (χ1n) is 6.23. The van der Waals surface area contributed by atoms with Crippen LogP contribution in [0.15, 0.2) is 24.3 Å². The molecule has 0 aliphatic carbocycles. The van der Waals surface area contributed by atoms with Crippen molar-refractivity contribution in [3.63, 3.8) is 0 Å². The molecule has 2 rings (SSSR count). The largest absolute Gasteiger partial charge is 0.494 e. The van der Waals surface area contributed by atoms with Crippen LogP contribution in [0.3, 0.4) is 0 Å². The van der Waals surface area contributed by atoms with Crippen LogP contribution in [0.1, 0.15) is 19.7 Å². The second kappa shape index (κ2) is 5.12. The maximum absolute atomic E-state index is 6.11. The van der Waals surface area contributed by atoms with Gasteiger partial charge in [-0.1, -0.05) is 0 Å². The monoisotopic (exact) mass is 245 g/mol. The molecule has 0 radical (unpaired) electrons. The third-order valence-electron chi connectivity index (χ3n) is 2.95. The number of anilines is 1. The van der Waals surface area contributed by atoms with Gasteiger partial charge in [0.1, 0.15) is 23.1 Å². The highest BCUT2D eigenvalue weighted by Gasteiger charge is 2.12. The van der Waals surface area contributed by atoms with E-state index in [1.165, 1.54) is 0 Å². The van der Waals surface area contributed by atoms with Crippen molar-refractivity contribution in [2.75, 3.05) is 12.3 Å². The molecule has 0 saturated carbocycles. The molecule has 1 aromatic heterocycles. The van der Waals surface area contributed by atoms with E-state index in [2.05, 4.69) is 11.9 Å². The minimum absolute atomic E-state index is 0.672. The Morgan fingerprint density at radius 2 is 1.89 bits per heavy atom. The molecular weight excluding hydrogens is 226 g/mol. The van der Waals surface area contributed by atoms with Crippen LogP contribution in [0, 0.1) is 6.92 Å². The summed E-state index contributed by atoms with van der Waals surface area (Å²) >= 11 is 0. The lowest BCUT2D eigenvalue weighted by atomic mass is 10.1. The molecule has 4 nitrogen and oxygen atoms in total. The zero-order valence-electron chi connectivity index (χ0n) is 11.1. The Morgan fingerprint density at radius 3 is 2.39 bits per heavy atom. The molecule has 0 fully saturated rings. The normalized spacial score (nSPS) is 10.6. The van der Waals surface area contributed by atoms with Crippen LogP contribution >= 0.6 is 0 Å². The van der Waals surface area contributed by atoms with Gasteiger partial charge < -0.3 is 15.0 Å². The Morgan fingerprint density at radius 1 is 1.22 bits per heavy atom. The minimum Gasteiger partial charge on any atom is -0.494 e. The van der Waals surface area contributed by atoms with Crippen molar-refractivity contribution in [3.8, 4) is 17.0 Å². The molecule has 0 amide bonds. The molecule has 0 saturated heterocycles. The molecular formula is C14H19N3O. The van der Waals surface area contributed by atoms with Gasteiger partial charge in [0.2, 0.25) is 0 Å². The molecule has 2 N–H and O–H groups in total. The lowest BCUT2D eigenvalue weighted by Gasteiger charge is -2.05. The van der Waals surface area contributed by atoms with Gasteiger partial charge in [-0.3, -0.25) is 0 Å². The first kappa shape index (κ1) is 12.5. The third kappa shape index (κ3) is 2.18. The van der Waals surface area contributed by atoms with Crippen LogP contribution in [-0.4, -0.2) is 16.2 Å². The van der Waals surface area contributed by atoms with E-state index in [9.17, 15) is 0 Å². The molecule has 1 heterocycles. The number of nitrogens with two attached hydrogens (primary N) is 1. The van der Waals surface area contributed by atoms with Crippen LogP contribution in [0.5, 0.6) is 5.75 Å². The van der Waals surface area contributed by atoms with Gasteiger partial charge in [0.15, 0.2) is 0 Å². The van der Waals surface area contributed by atoms with Gasteiger partial charge in [-0.15, -0.1) is 0 Å². The molecule has 0 spiro atoms. The van der Waals surface area contributed by atoms with Crippen molar-refractivity contribution in [1.82, 2.24) is 9.55 Å². The Kier molecular flexibility index (Phi) is 3.55. The number of aromatic nitrogens is 2. The van der Waals surface area contributed by atoms with E-state index in [1.54, 1.807) is 0 Å². The highest BCUT2D eigenvalue weighted by atomic mass is 16.5. The fraction of sp³-hybridized carbons (Fsp3) is 0.357. The van der Waals surface area contributed by atoms with E-state index in [-0.39, 0.29) is 0 Å². The summed E-state index contributed by atoms with van der Waals surface area (Å²) in [6.45, 7) is 7.51. The molecule has 1 aromatic carbocycles. The van der Waals surface area contributed by atoms with Crippen molar-refractivity contribution < 1.29 is 4.74 Å². The van der Waals surface area contributed by atoms with Gasteiger partial charge in [0, 0.05) is 12.1 Å². The van der Waals surface area contributed by atoms with E-state index >= 15 is 0 Å². The Hall–Kier alpha value is -1.97. The van der Waals surface area contributed by atoms with Crippen LogP contribution < -0.4 is 10.5 Å². The average Bonchev–Trinajstić information content (AvgIpc) is 2.66. The maximum Gasteiger partial charge on any atom is 0.131 e. The van der Waals surface area contributed by atoms with Crippen molar-refractivity contribution in [1.29, 1.82) is 0 Å². The maximum atomic E-state index is 6.11. The first-order valence-corrected chi connectivity index (χ1v) is 6.23. The number of nitrogen functional groups attached to an aromatic ring is 1. The highest BCUT2D eigenvalue weighted by Crippen LogP contribution is 2.27. The van der Waals surface area contributed by atoms with Gasteiger partial charge in [-0.05, 0) is 45.0 Å². The van der Waals surface area contributed by atoms with Crippen LogP contribution in [0.4, 0.5) is 5.82 Å². The molecule has 0 aliphatic rings. The Bertz CT molecular complexity index is 529. The molecule has 0 atom stereocenters. The van der Waals surface area contributed by atoms with E-state index in [4.69, 9.17) is 10.5 Å². The Labute approximate surface area is 107 Å². The number of imidazole rings is 1.